The second kappa shape index (κ2) is 7.97. The van der Waals surface area contributed by atoms with Gasteiger partial charge >= 0.3 is 5.97 Å². The van der Waals surface area contributed by atoms with E-state index in [0.29, 0.717) is 0 Å². The minimum atomic E-state index is -0.348. The molecule has 0 fully saturated rings. The fraction of sp³-hybridized carbons (Fsp3) is 0.278. The average molecular weight is 320 g/mol. The summed E-state index contributed by atoms with van der Waals surface area (Å²) >= 11 is 0. The smallest absolute Gasteiger partial charge is 0.365 e. The van der Waals surface area contributed by atoms with Crippen LogP contribution in [-0.2, 0) is 9.53 Å². The summed E-state index contributed by atoms with van der Waals surface area (Å²) in [4.78, 5) is 11.6. The van der Waals surface area contributed by atoms with Crippen LogP contribution < -0.4 is 18.1 Å². The molecular formula is C18H22ClNO2. The highest BCUT2D eigenvalue weighted by Crippen LogP contribution is 2.25. The highest BCUT2D eigenvalue weighted by Gasteiger charge is 2.17. The summed E-state index contributed by atoms with van der Waals surface area (Å²) in [5, 5.41) is 0. The summed E-state index contributed by atoms with van der Waals surface area (Å²) < 4.78 is 5.37. The molecule has 2 atom stereocenters. The molecular weight excluding hydrogens is 298 g/mol. The van der Waals surface area contributed by atoms with Crippen LogP contribution in [0.25, 0.3) is 11.1 Å². The van der Waals surface area contributed by atoms with E-state index in [1.54, 1.807) is 6.92 Å². The van der Waals surface area contributed by atoms with Gasteiger partial charge in [-0.1, -0.05) is 48.5 Å². The molecule has 0 heterocycles. The third kappa shape index (κ3) is 4.33. The predicted octanol–water partition coefficient (Wildman–Crippen LogP) is -0.0994. The molecule has 3 N–H and O–H groups in total. The Bertz CT molecular complexity index is 623. The third-order valence-corrected chi connectivity index (χ3v) is 3.53. The number of carbonyl (C=O) groups is 1. The monoisotopic (exact) mass is 319 g/mol. The molecule has 0 saturated heterocycles. The number of quaternary nitrogens is 1. The number of benzene rings is 2. The molecule has 4 heteroatoms. The molecule has 0 unspecified atom stereocenters. The zero-order chi connectivity index (χ0) is 15.4. The molecule has 0 amide bonds. The molecule has 0 saturated carbocycles. The maximum absolute atomic E-state index is 11.6. The Hall–Kier alpha value is -1.84. The normalized spacial score (nSPS) is 12.9. The molecule has 0 spiro atoms. The molecule has 3 nitrogen and oxygen atoms in total. The van der Waals surface area contributed by atoms with Gasteiger partial charge in [0.05, 0.1) is 0 Å². The summed E-state index contributed by atoms with van der Waals surface area (Å²) in [6.45, 7) is 5.71. The van der Waals surface area contributed by atoms with Gasteiger partial charge in [0.15, 0.2) is 6.04 Å². The topological polar surface area (TPSA) is 53.9 Å². The molecule has 0 aromatic heterocycles. The van der Waals surface area contributed by atoms with Crippen molar-refractivity contribution in [1.29, 1.82) is 0 Å². The first-order chi connectivity index (χ1) is 9.99. The van der Waals surface area contributed by atoms with Crippen molar-refractivity contribution in [3.63, 3.8) is 0 Å². The van der Waals surface area contributed by atoms with Crippen molar-refractivity contribution >= 4 is 5.97 Å². The Morgan fingerprint density at radius 1 is 1.05 bits per heavy atom. The van der Waals surface area contributed by atoms with E-state index in [-0.39, 0.29) is 30.5 Å². The summed E-state index contributed by atoms with van der Waals surface area (Å²) in [5.74, 6) is -0.273. The van der Waals surface area contributed by atoms with Crippen LogP contribution in [0.3, 0.4) is 0 Å². The summed E-state index contributed by atoms with van der Waals surface area (Å²) in [6, 6.07) is 16.1. The van der Waals surface area contributed by atoms with Crippen molar-refractivity contribution in [2.24, 2.45) is 0 Å². The largest absolute Gasteiger partial charge is 1.00 e. The Kier molecular flexibility index (Phi) is 6.60. The summed E-state index contributed by atoms with van der Waals surface area (Å²) in [5.41, 5.74) is 8.30. The van der Waals surface area contributed by atoms with E-state index in [0.717, 1.165) is 5.56 Å². The SMILES string of the molecule is Cc1ccccc1-c1ccc([C@H](C)OC(=O)[C@H](C)[NH3+])cc1.[Cl-]. The molecule has 2 rings (SSSR count). The maximum atomic E-state index is 11.6. The van der Waals surface area contributed by atoms with E-state index in [1.165, 1.54) is 16.7 Å². The second-order valence-electron chi connectivity index (χ2n) is 5.42. The zero-order valence-electron chi connectivity index (χ0n) is 13.2. The molecule has 118 valence electrons. The van der Waals surface area contributed by atoms with Gasteiger partial charge in [0.1, 0.15) is 6.10 Å². The molecule has 2 aromatic rings. The highest BCUT2D eigenvalue weighted by atomic mass is 35.5. The van der Waals surface area contributed by atoms with Gasteiger partial charge in [0, 0.05) is 0 Å². The van der Waals surface area contributed by atoms with Gasteiger partial charge in [-0.2, -0.15) is 0 Å². The van der Waals surface area contributed by atoms with Crippen LogP contribution in [0.4, 0.5) is 0 Å². The summed E-state index contributed by atoms with van der Waals surface area (Å²) in [7, 11) is 0. The highest BCUT2D eigenvalue weighted by molar-refractivity contribution is 5.73. The Labute approximate surface area is 137 Å². The molecule has 0 aliphatic heterocycles. The van der Waals surface area contributed by atoms with Crippen LogP contribution in [0, 0.1) is 6.92 Å². The van der Waals surface area contributed by atoms with Crippen LogP contribution in [0.15, 0.2) is 48.5 Å². The Morgan fingerprint density at radius 3 is 2.18 bits per heavy atom. The second-order valence-corrected chi connectivity index (χ2v) is 5.42. The first kappa shape index (κ1) is 18.2. The van der Waals surface area contributed by atoms with Crippen molar-refractivity contribution in [3.05, 3.63) is 59.7 Å². The van der Waals surface area contributed by atoms with Crippen molar-refractivity contribution in [2.75, 3.05) is 0 Å². The van der Waals surface area contributed by atoms with Crippen LogP contribution in [0.1, 0.15) is 31.1 Å². The quantitative estimate of drug-likeness (QED) is 0.800. The maximum Gasteiger partial charge on any atom is 0.365 e. The minimum Gasteiger partial charge on any atom is -1.00 e. The number of hydrogen-bond donors (Lipinski definition) is 1. The Morgan fingerprint density at radius 2 is 1.64 bits per heavy atom. The molecule has 22 heavy (non-hydrogen) atoms. The standard InChI is InChI=1S/C18H21NO2.ClH/c1-12-6-4-5-7-17(12)16-10-8-15(9-11-16)14(3)21-18(20)13(2)19;/h4-11,13-14H,19H2,1-3H3;1H/t13-,14-;/m0./s1. The lowest BCUT2D eigenvalue weighted by atomic mass is 9.99. The van der Waals surface area contributed by atoms with Gasteiger partial charge in [-0.15, -0.1) is 0 Å². The predicted molar refractivity (Wildman–Crippen MR) is 83.5 cm³/mol. The Balaban J connectivity index is 0.00000242. The average Bonchev–Trinajstić information content (AvgIpc) is 2.47. The lowest BCUT2D eigenvalue weighted by Crippen LogP contribution is -3.00. The van der Waals surface area contributed by atoms with E-state index in [2.05, 4.69) is 36.9 Å². The molecule has 2 aromatic carbocycles. The number of hydrogen-bond acceptors (Lipinski definition) is 2. The number of rotatable bonds is 4. The van der Waals surface area contributed by atoms with Gasteiger partial charge in [-0.25, -0.2) is 4.79 Å². The van der Waals surface area contributed by atoms with Gasteiger partial charge in [-0.05, 0) is 43.0 Å². The van der Waals surface area contributed by atoms with Crippen molar-refractivity contribution in [1.82, 2.24) is 0 Å². The van der Waals surface area contributed by atoms with Gasteiger partial charge in [0.25, 0.3) is 0 Å². The number of halogens is 1. The fourth-order valence-corrected chi connectivity index (χ4v) is 2.19. The number of esters is 1. The summed E-state index contributed by atoms with van der Waals surface area (Å²) in [6.07, 6.45) is -0.257. The number of ether oxygens (including phenoxy) is 1. The number of carbonyl (C=O) groups excluding carboxylic acids is 1. The van der Waals surface area contributed by atoms with E-state index in [1.807, 2.05) is 31.2 Å². The van der Waals surface area contributed by atoms with Crippen molar-refractivity contribution in [3.8, 4) is 11.1 Å². The lowest BCUT2D eigenvalue weighted by molar-refractivity contribution is -0.403. The van der Waals surface area contributed by atoms with Crippen LogP contribution in [0.2, 0.25) is 0 Å². The molecule has 0 aliphatic carbocycles. The van der Waals surface area contributed by atoms with Gasteiger partial charge < -0.3 is 22.9 Å². The van der Waals surface area contributed by atoms with Gasteiger partial charge in [0.2, 0.25) is 0 Å². The molecule has 0 aliphatic rings. The molecule has 0 radical (unpaired) electrons. The first-order valence-corrected chi connectivity index (χ1v) is 7.18. The van der Waals surface area contributed by atoms with Crippen molar-refractivity contribution < 1.29 is 27.7 Å². The van der Waals surface area contributed by atoms with E-state index in [4.69, 9.17) is 4.74 Å². The number of aryl methyl sites for hydroxylation is 1. The van der Waals surface area contributed by atoms with Crippen molar-refractivity contribution in [2.45, 2.75) is 32.9 Å². The van der Waals surface area contributed by atoms with Gasteiger partial charge in [-0.3, -0.25) is 0 Å². The third-order valence-electron chi connectivity index (χ3n) is 3.53. The van der Waals surface area contributed by atoms with Crippen LogP contribution >= 0.6 is 0 Å². The lowest BCUT2D eigenvalue weighted by Gasteiger charge is -2.15. The van der Waals surface area contributed by atoms with E-state index >= 15 is 0 Å². The first-order valence-electron chi connectivity index (χ1n) is 7.18. The van der Waals surface area contributed by atoms with E-state index < -0.39 is 0 Å². The molecule has 0 bridgehead atoms. The zero-order valence-corrected chi connectivity index (χ0v) is 13.9. The van der Waals surface area contributed by atoms with Crippen LogP contribution in [0.5, 0.6) is 0 Å². The van der Waals surface area contributed by atoms with Crippen LogP contribution in [-0.4, -0.2) is 12.0 Å². The minimum absolute atomic E-state index is 0. The van der Waals surface area contributed by atoms with E-state index in [9.17, 15) is 4.79 Å². The fourth-order valence-electron chi connectivity index (χ4n) is 2.19.